The second-order valence-corrected chi connectivity index (χ2v) is 6.53. The van der Waals surface area contributed by atoms with E-state index in [1.807, 2.05) is 0 Å². The van der Waals surface area contributed by atoms with Crippen molar-refractivity contribution in [2.75, 3.05) is 26.2 Å². The van der Waals surface area contributed by atoms with Gasteiger partial charge in [0.1, 0.15) is 0 Å². The summed E-state index contributed by atoms with van der Waals surface area (Å²) in [6.07, 6.45) is 2.78. The second kappa shape index (κ2) is 7.60. The average molecular weight is 263 g/mol. The van der Waals surface area contributed by atoms with Crippen LogP contribution in [0.5, 0.6) is 0 Å². The summed E-state index contributed by atoms with van der Waals surface area (Å²) >= 11 is 0. The van der Waals surface area contributed by atoms with Gasteiger partial charge in [0.25, 0.3) is 0 Å². The van der Waals surface area contributed by atoms with Crippen LogP contribution in [0.25, 0.3) is 0 Å². The van der Waals surface area contributed by atoms with E-state index in [2.05, 4.69) is 44.8 Å². The van der Waals surface area contributed by atoms with E-state index < -0.39 is 0 Å². The number of hydrogen-bond donors (Lipinski definition) is 1. The molecule has 17 heavy (non-hydrogen) atoms. The van der Waals surface area contributed by atoms with Crippen molar-refractivity contribution in [2.24, 2.45) is 11.8 Å². The van der Waals surface area contributed by atoms with Crippen LogP contribution in [0.15, 0.2) is 0 Å². The highest BCUT2D eigenvalue weighted by Gasteiger charge is 2.29. The molecule has 1 saturated heterocycles. The van der Waals surface area contributed by atoms with Crippen LogP contribution in [0.3, 0.4) is 0 Å². The number of nitrogens with zero attached hydrogens (tertiary/aromatic N) is 1. The molecular formula is C14H31ClN2. The molecule has 0 aromatic heterocycles. The van der Waals surface area contributed by atoms with E-state index in [-0.39, 0.29) is 12.4 Å². The van der Waals surface area contributed by atoms with Crippen LogP contribution >= 0.6 is 12.4 Å². The van der Waals surface area contributed by atoms with Gasteiger partial charge in [-0.2, -0.15) is 0 Å². The van der Waals surface area contributed by atoms with Gasteiger partial charge in [0.15, 0.2) is 0 Å². The van der Waals surface area contributed by atoms with Crippen LogP contribution in [-0.4, -0.2) is 36.6 Å². The molecule has 1 atom stereocenters. The molecule has 0 aromatic rings. The standard InChI is InChI=1S/C14H30N2.ClH/c1-12(2)9-15-11-14(4,5)16-8-6-7-13(3)10-16;/h12-13,15H,6-11H2,1-5H3;1H. The Morgan fingerprint density at radius 2 is 2.00 bits per heavy atom. The van der Waals surface area contributed by atoms with Gasteiger partial charge < -0.3 is 5.32 Å². The van der Waals surface area contributed by atoms with E-state index in [0.717, 1.165) is 24.9 Å². The zero-order valence-electron chi connectivity index (χ0n) is 12.3. The molecule has 1 unspecified atom stereocenters. The first-order valence-corrected chi connectivity index (χ1v) is 6.87. The zero-order valence-corrected chi connectivity index (χ0v) is 13.1. The monoisotopic (exact) mass is 262 g/mol. The fourth-order valence-electron chi connectivity index (χ4n) is 2.52. The van der Waals surface area contributed by atoms with Crippen molar-refractivity contribution in [2.45, 2.75) is 53.0 Å². The van der Waals surface area contributed by atoms with Gasteiger partial charge in [-0.05, 0) is 51.6 Å². The van der Waals surface area contributed by atoms with Crippen molar-refractivity contribution in [3.05, 3.63) is 0 Å². The number of rotatable bonds is 5. The summed E-state index contributed by atoms with van der Waals surface area (Å²) in [6.45, 7) is 16.5. The normalized spacial score (nSPS) is 22.6. The lowest BCUT2D eigenvalue weighted by Gasteiger charge is -2.43. The first-order chi connectivity index (χ1) is 7.42. The zero-order chi connectivity index (χ0) is 12.2. The molecule has 0 spiro atoms. The van der Waals surface area contributed by atoms with E-state index in [1.54, 1.807) is 0 Å². The molecule has 1 heterocycles. The maximum absolute atomic E-state index is 3.60. The first-order valence-electron chi connectivity index (χ1n) is 6.87. The number of piperidine rings is 1. The quantitative estimate of drug-likeness (QED) is 0.819. The van der Waals surface area contributed by atoms with E-state index in [4.69, 9.17) is 0 Å². The smallest absolute Gasteiger partial charge is 0.0277 e. The Morgan fingerprint density at radius 3 is 2.53 bits per heavy atom. The molecule has 1 aliphatic heterocycles. The molecule has 0 bridgehead atoms. The largest absolute Gasteiger partial charge is 0.315 e. The van der Waals surface area contributed by atoms with Crippen molar-refractivity contribution in [1.82, 2.24) is 10.2 Å². The summed E-state index contributed by atoms with van der Waals surface area (Å²) in [5.74, 6) is 1.62. The molecule has 1 rings (SSSR count). The van der Waals surface area contributed by atoms with Gasteiger partial charge in [0.2, 0.25) is 0 Å². The Bertz CT molecular complexity index is 204. The van der Waals surface area contributed by atoms with E-state index in [9.17, 15) is 0 Å². The third-order valence-electron chi connectivity index (χ3n) is 3.62. The minimum Gasteiger partial charge on any atom is -0.315 e. The predicted molar refractivity (Wildman–Crippen MR) is 79.0 cm³/mol. The van der Waals surface area contributed by atoms with Crippen LogP contribution in [0.1, 0.15) is 47.5 Å². The second-order valence-electron chi connectivity index (χ2n) is 6.53. The Hall–Kier alpha value is 0.210. The van der Waals surface area contributed by atoms with Crippen LogP contribution in [-0.2, 0) is 0 Å². The van der Waals surface area contributed by atoms with E-state index >= 15 is 0 Å². The van der Waals surface area contributed by atoms with Crippen LogP contribution < -0.4 is 5.32 Å². The predicted octanol–water partition coefficient (Wildman–Crippen LogP) is 3.16. The molecule has 104 valence electrons. The average Bonchev–Trinajstić information content (AvgIpc) is 2.16. The molecule has 0 amide bonds. The van der Waals surface area contributed by atoms with Crippen molar-refractivity contribution in [3.8, 4) is 0 Å². The number of nitrogens with one attached hydrogen (secondary N) is 1. The van der Waals surface area contributed by atoms with E-state index in [1.165, 1.54) is 25.9 Å². The van der Waals surface area contributed by atoms with Gasteiger partial charge in [-0.3, -0.25) is 4.90 Å². The van der Waals surface area contributed by atoms with Crippen LogP contribution in [0, 0.1) is 11.8 Å². The van der Waals surface area contributed by atoms with Gasteiger partial charge in [0.05, 0.1) is 0 Å². The molecule has 2 nitrogen and oxygen atoms in total. The topological polar surface area (TPSA) is 15.3 Å². The third kappa shape index (κ3) is 6.08. The van der Waals surface area contributed by atoms with E-state index in [0.29, 0.717) is 5.54 Å². The lowest BCUT2D eigenvalue weighted by molar-refractivity contribution is 0.0705. The summed E-state index contributed by atoms with van der Waals surface area (Å²) in [7, 11) is 0. The van der Waals surface area contributed by atoms with Gasteiger partial charge in [-0.15, -0.1) is 12.4 Å². The Labute approximate surface area is 114 Å². The summed E-state index contributed by atoms with van der Waals surface area (Å²) in [4.78, 5) is 2.66. The maximum Gasteiger partial charge on any atom is 0.0277 e. The van der Waals surface area contributed by atoms with Crippen molar-refractivity contribution >= 4 is 12.4 Å². The van der Waals surface area contributed by atoms with Crippen LogP contribution in [0.4, 0.5) is 0 Å². The summed E-state index contributed by atoms with van der Waals surface area (Å²) in [6, 6.07) is 0. The summed E-state index contributed by atoms with van der Waals surface area (Å²) in [5, 5.41) is 3.60. The molecule has 1 aliphatic rings. The first kappa shape index (κ1) is 17.2. The molecule has 3 heteroatoms. The Kier molecular flexibility index (Phi) is 7.70. The molecule has 0 saturated carbocycles. The highest BCUT2D eigenvalue weighted by molar-refractivity contribution is 5.85. The van der Waals surface area contributed by atoms with Crippen LogP contribution in [0.2, 0.25) is 0 Å². The number of halogens is 1. The maximum atomic E-state index is 3.60. The van der Waals surface area contributed by atoms with Gasteiger partial charge in [-0.25, -0.2) is 0 Å². The molecule has 0 radical (unpaired) electrons. The van der Waals surface area contributed by atoms with Crippen molar-refractivity contribution in [3.63, 3.8) is 0 Å². The minimum atomic E-state index is 0. The lowest BCUT2D eigenvalue weighted by atomic mass is 9.93. The fraction of sp³-hybridized carbons (Fsp3) is 1.00. The molecule has 0 aromatic carbocycles. The summed E-state index contributed by atoms with van der Waals surface area (Å²) < 4.78 is 0. The summed E-state index contributed by atoms with van der Waals surface area (Å²) in [5.41, 5.74) is 0.309. The Morgan fingerprint density at radius 1 is 1.35 bits per heavy atom. The minimum absolute atomic E-state index is 0. The van der Waals surface area contributed by atoms with Crippen molar-refractivity contribution in [1.29, 1.82) is 0 Å². The van der Waals surface area contributed by atoms with Gasteiger partial charge in [-0.1, -0.05) is 20.8 Å². The SMILES string of the molecule is CC(C)CNCC(C)(C)N1CCCC(C)C1.Cl. The third-order valence-corrected chi connectivity index (χ3v) is 3.62. The van der Waals surface area contributed by atoms with Gasteiger partial charge >= 0.3 is 0 Å². The molecule has 0 aliphatic carbocycles. The lowest BCUT2D eigenvalue weighted by Crippen LogP contribution is -2.54. The highest BCUT2D eigenvalue weighted by Crippen LogP contribution is 2.23. The molecular weight excluding hydrogens is 232 g/mol. The fourth-order valence-corrected chi connectivity index (χ4v) is 2.52. The highest BCUT2D eigenvalue weighted by atomic mass is 35.5. The number of hydrogen-bond acceptors (Lipinski definition) is 2. The number of likely N-dealkylation sites (tertiary alicyclic amines) is 1. The van der Waals surface area contributed by atoms with Gasteiger partial charge in [0, 0.05) is 18.6 Å². The Balaban J connectivity index is 0.00000256. The molecule has 1 N–H and O–H groups in total. The van der Waals surface area contributed by atoms with Crippen molar-refractivity contribution < 1.29 is 0 Å². The molecule has 1 fully saturated rings.